The number of thiophene rings is 1. The molecule has 2 unspecified atom stereocenters. The highest BCUT2D eigenvalue weighted by Gasteiger charge is 2.27. The van der Waals surface area contributed by atoms with Crippen LogP contribution in [0.25, 0.3) is 0 Å². The van der Waals surface area contributed by atoms with Gasteiger partial charge in [-0.15, -0.1) is 11.3 Å². The molecular weight excluding hydrogens is 342 g/mol. The van der Waals surface area contributed by atoms with E-state index in [1.54, 1.807) is 0 Å². The van der Waals surface area contributed by atoms with Gasteiger partial charge in [-0.3, -0.25) is 0 Å². The Morgan fingerprint density at radius 2 is 1.96 bits per heavy atom. The summed E-state index contributed by atoms with van der Waals surface area (Å²) < 4.78 is 5.85. The Balaban J connectivity index is 1.29. The lowest BCUT2D eigenvalue weighted by molar-refractivity contribution is 0.101. The van der Waals surface area contributed by atoms with Crippen molar-refractivity contribution in [2.45, 2.75) is 57.1 Å². The highest BCUT2D eigenvalue weighted by molar-refractivity contribution is 7.10. The Morgan fingerprint density at radius 3 is 2.77 bits per heavy atom. The quantitative estimate of drug-likeness (QED) is 0.718. The van der Waals surface area contributed by atoms with Crippen molar-refractivity contribution in [1.82, 2.24) is 5.32 Å². The molecule has 2 atom stereocenters. The van der Waals surface area contributed by atoms with Crippen LogP contribution in [0.4, 0.5) is 0 Å². The minimum atomic E-state index is -0.493. The lowest BCUT2D eigenvalue weighted by Gasteiger charge is -2.25. The van der Waals surface area contributed by atoms with Gasteiger partial charge < -0.3 is 15.2 Å². The highest BCUT2D eigenvalue weighted by Crippen LogP contribution is 2.37. The van der Waals surface area contributed by atoms with E-state index < -0.39 is 6.10 Å². The SMILES string of the molecule is OC(CNC(c1cccs1)C1CCCC1)COc1ccc2c(c1)CCC2. The van der Waals surface area contributed by atoms with Gasteiger partial charge in [0.05, 0.1) is 0 Å². The molecule has 1 aromatic carbocycles. The van der Waals surface area contributed by atoms with E-state index in [9.17, 15) is 5.11 Å². The first-order chi connectivity index (χ1) is 12.8. The topological polar surface area (TPSA) is 41.5 Å². The van der Waals surface area contributed by atoms with Gasteiger partial charge in [-0.2, -0.15) is 0 Å². The van der Waals surface area contributed by atoms with Gasteiger partial charge >= 0.3 is 0 Å². The second-order valence-electron chi connectivity index (χ2n) is 7.69. The van der Waals surface area contributed by atoms with Gasteiger partial charge in [-0.1, -0.05) is 25.0 Å². The fraction of sp³-hybridized carbons (Fsp3) is 0.545. The molecule has 0 aliphatic heterocycles. The molecule has 1 saturated carbocycles. The number of nitrogens with one attached hydrogen (secondary N) is 1. The number of rotatable bonds is 8. The first-order valence-corrected chi connectivity index (χ1v) is 10.9. The maximum absolute atomic E-state index is 10.4. The predicted octanol–water partition coefficient (Wildman–Crippen LogP) is 4.50. The molecule has 0 spiro atoms. The standard InChI is InChI=1S/C22H29NO2S/c24-19(15-25-20-11-10-16-7-3-8-18(16)13-20)14-23-22(17-5-1-2-6-17)21-9-4-12-26-21/h4,9-13,17,19,22-24H,1-3,5-8,14-15H2. The van der Waals surface area contributed by atoms with Crippen molar-refractivity contribution in [3.63, 3.8) is 0 Å². The summed E-state index contributed by atoms with van der Waals surface area (Å²) in [6, 6.07) is 11.1. The maximum atomic E-state index is 10.4. The van der Waals surface area contributed by atoms with Gasteiger partial charge in [-0.25, -0.2) is 0 Å². The van der Waals surface area contributed by atoms with Crippen LogP contribution in [-0.4, -0.2) is 24.4 Å². The number of benzene rings is 1. The van der Waals surface area contributed by atoms with Crippen molar-refractivity contribution in [1.29, 1.82) is 0 Å². The minimum Gasteiger partial charge on any atom is -0.491 e. The summed E-state index contributed by atoms with van der Waals surface area (Å²) in [6.07, 6.45) is 8.34. The minimum absolute atomic E-state index is 0.341. The number of aliphatic hydroxyl groups is 1. The molecule has 4 rings (SSSR count). The first-order valence-electron chi connectivity index (χ1n) is 9.99. The summed E-state index contributed by atoms with van der Waals surface area (Å²) in [5, 5.41) is 16.2. The largest absolute Gasteiger partial charge is 0.491 e. The molecule has 26 heavy (non-hydrogen) atoms. The van der Waals surface area contributed by atoms with Crippen LogP contribution in [-0.2, 0) is 12.8 Å². The summed E-state index contributed by atoms with van der Waals surface area (Å²) in [6.45, 7) is 0.914. The number of hydrogen-bond donors (Lipinski definition) is 2. The zero-order valence-electron chi connectivity index (χ0n) is 15.3. The Kier molecular flexibility index (Phi) is 5.93. The van der Waals surface area contributed by atoms with E-state index >= 15 is 0 Å². The third-order valence-corrected chi connectivity index (χ3v) is 6.76. The number of ether oxygens (including phenoxy) is 1. The fourth-order valence-corrected chi connectivity index (χ4v) is 5.30. The monoisotopic (exact) mass is 371 g/mol. The van der Waals surface area contributed by atoms with E-state index in [2.05, 4.69) is 35.0 Å². The molecule has 0 amide bonds. The van der Waals surface area contributed by atoms with Crippen molar-refractivity contribution in [2.75, 3.05) is 13.2 Å². The Bertz CT molecular complexity index is 694. The van der Waals surface area contributed by atoms with E-state index in [0.29, 0.717) is 25.1 Å². The molecule has 4 heteroatoms. The Hall–Kier alpha value is -1.36. The van der Waals surface area contributed by atoms with Gasteiger partial charge in [-0.05, 0) is 72.7 Å². The van der Waals surface area contributed by atoms with Crippen LogP contribution in [0.3, 0.4) is 0 Å². The average Bonchev–Trinajstić information content (AvgIpc) is 3.41. The number of aliphatic hydroxyl groups excluding tert-OH is 1. The van der Waals surface area contributed by atoms with E-state index in [4.69, 9.17) is 4.74 Å². The molecule has 2 aliphatic rings. The third kappa shape index (κ3) is 4.30. The number of hydrogen-bond acceptors (Lipinski definition) is 4. The summed E-state index contributed by atoms with van der Waals surface area (Å²) in [4.78, 5) is 1.39. The van der Waals surface area contributed by atoms with Crippen LogP contribution in [0.1, 0.15) is 54.1 Å². The molecule has 1 fully saturated rings. The maximum Gasteiger partial charge on any atom is 0.119 e. The van der Waals surface area contributed by atoms with Crippen molar-refractivity contribution in [3.8, 4) is 5.75 Å². The van der Waals surface area contributed by atoms with E-state index in [1.807, 2.05) is 17.4 Å². The van der Waals surface area contributed by atoms with Gasteiger partial charge in [0.1, 0.15) is 18.5 Å². The molecule has 2 N–H and O–H groups in total. The van der Waals surface area contributed by atoms with Gasteiger partial charge in [0.2, 0.25) is 0 Å². The molecule has 0 saturated heterocycles. The average molecular weight is 372 g/mol. The molecule has 0 radical (unpaired) electrons. The fourth-order valence-electron chi connectivity index (χ4n) is 4.41. The molecule has 0 bridgehead atoms. The third-order valence-electron chi connectivity index (χ3n) is 5.81. The Labute approximate surface area is 160 Å². The van der Waals surface area contributed by atoms with Gasteiger partial charge in [0.25, 0.3) is 0 Å². The van der Waals surface area contributed by atoms with Crippen LogP contribution >= 0.6 is 11.3 Å². The smallest absolute Gasteiger partial charge is 0.119 e. The van der Waals surface area contributed by atoms with E-state index in [0.717, 1.165) is 12.2 Å². The van der Waals surface area contributed by atoms with E-state index in [-0.39, 0.29) is 0 Å². The zero-order valence-corrected chi connectivity index (χ0v) is 16.1. The highest BCUT2D eigenvalue weighted by atomic mass is 32.1. The van der Waals surface area contributed by atoms with Gasteiger partial charge in [0, 0.05) is 17.5 Å². The molecule has 2 aromatic rings. The summed E-state index contributed by atoms with van der Waals surface area (Å²) in [5.41, 5.74) is 2.86. The predicted molar refractivity (Wildman–Crippen MR) is 107 cm³/mol. The van der Waals surface area contributed by atoms with Gasteiger partial charge in [0.15, 0.2) is 0 Å². The summed E-state index contributed by atoms with van der Waals surface area (Å²) in [7, 11) is 0. The van der Waals surface area contributed by atoms with Crippen molar-refractivity contribution in [2.24, 2.45) is 5.92 Å². The number of aryl methyl sites for hydroxylation is 2. The Morgan fingerprint density at radius 1 is 1.12 bits per heavy atom. The van der Waals surface area contributed by atoms with Crippen LogP contribution in [0.5, 0.6) is 5.75 Å². The van der Waals surface area contributed by atoms with E-state index in [1.165, 1.54) is 54.5 Å². The van der Waals surface area contributed by atoms with Crippen LogP contribution in [0, 0.1) is 5.92 Å². The summed E-state index contributed by atoms with van der Waals surface area (Å²) in [5.74, 6) is 1.58. The summed E-state index contributed by atoms with van der Waals surface area (Å²) >= 11 is 1.82. The van der Waals surface area contributed by atoms with Crippen molar-refractivity contribution < 1.29 is 9.84 Å². The zero-order chi connectivity index (χ0) is 17.8. The normalized spacial score (nSPS) is 19.4. The van der Waals surface area contributed by atoms with Crippen LogP contribution in [0.15, 0.2) is 35.7 Å². The van der Waals surface area contributed by atoms with Crippen LogP contribution in [0.2, 0.25) is 0 Å². The molecule has 1 heterocycles. The molecule has 1 aromatic heterocycles. The first kappa shape index (κ1) is 18.0. The molecule has 140 valence electrons. The molecule has 2 aliphatic carbocycles. The lowest BCUT2D eigenvalue weighted by Crippen LogP contribution is -2.36. The second-order valence-corrected chi connectivity index (χ2v) is 8.67. The molecule has 3 nitrogen and oxygen atoms in total. The van der Waals surface area contributed by atoms with Crippen molar-refractivity contribution >= 4 is 11.3 Å². The molecular formula is C22H29NO2S. The van der Waals surface area contributed by atoms with Crippen LogP contribution < -0.4 is 10.1 Å². The number of fused-ring (bicyclic) bond motifs is 1. The lowest BCUT2D eigenvalue weighted by atomic mass is 9.96. The second kappa shape index (κ2) is 8.55. The van der Waals surface area contributed by atoms with Crippen molar-refractivity contribution in [3.05, 3.63) is 51.7 Å².